The lowest BCUT2D eigenvalue weighted by Gasteiger charge is -2.09. The fourth-order valence-electron chi connectivity index (χ4n) is 2.15. The Morgan fingerprint density at radius 1 is 0.714 bits per heavy atom. The molecule has 0 atom stereocenters. The molecule has 0 spiro atoms. The molecule has 0 radical (unpaired) electrons. The second kappa shape index (κ2) is 5.17. The van der Waals surface area contributed by atoms with Gasteiger partial charge in [0.25, 0.3) is 0 Å². The molecule has 2 N–H and O–H groups in total. The Morgan fingerprint density at radius 3 is 1.71 bits per heavy atom. The molecule has 0 saturated carbocycles. The smallest absolute Gasteiger partial charge is 0.336 e. The second-order valence-corrected chi connectivity index (χ2v) is 4.62. The van der Waals surface area contributed by atoms with Crippen molar-refractivity contribution in [3.05, 3.63) is 71.3 Å². The van der Waals surface area contributed by atoms with Crippen molar-refractivity contribution in [1.82, 2.24) is 0 Å². The van der Waals surface area contributed by atoms with Gasteiger partial charge >= 0.3 is 5.63 Å². The van der Waals surface area contributed by atoms with Crippen molar-refractivity contribution in [2.24, 2.45) is 0 Å². The van der Waals surface area contributed by atoms with Gasteiger partial charge in [-0.3, -0.25) is 0 Å². The molecule has 0 bridgehead atoms. The van der Waals surface area contributed by atoms with E-state index in [2.05, 4.69) is 0 Å². The Kier molecular flexibility index (Phi) is 3.20. The van der Waals surface area contributed by atoms with E-state index >= 15 is 0 Å². The first kappa shape index (κ1) is 13.0. The lowest BCUT2D eigenvalue weighted by atomic mass is 9.97. The summed E-state index contributed by atoms with van der Waals surface area (Å²) in [7, 11) is 0. The van der Waals surface area contributed by atoms with E-state index in [1.807, 2.05) is 0 Å². The monoisotopic (exact) mass is 280 g/mol. The van der Waals surface area contributed by atoms with Crippen molar-refractivity contribution in [3.63, 3.8) is 0 Å². The second-order valence-electron chi connectivity index (χ2n) is 4.62. The van der Waals surface area contributed by atoms with E-state index in [0.717, 1.165) is 16.7 Å². The maximum absolute atomic E-state index is 11.5. The van der Waals surface area contributed by atoms with Crippen molar-refractivity contribution in [2.45, 2.75) is 0 Å². The van der Waals surface area contributed by atoms with Crippen molar-refractivity contribution in [1.29, 1.82) is 0 Å². The molecule has 0 saturated heterocycles. The Morgan fingerprint density at radius 2 is 1.19 bits per heavy atom. The van der Waals surface area contributed by atoms with E-state index in [-0.39, 0.29) is 11.5 Å². The van der Waals surface area contributed by atoms with Crippen LogP contribution >= 0.6 is 0 Å². The first-order valence-electron chi connectivity index (χ1n) is 6.35. The van der Waals surface area contributed by atoms with Gasteiger partial charge in [0.2, 0.25) is 0 Å². The lowest BCUT2D eigenvalue weighted by Crippen LogP contribution is -1.98. The van der Waals surface area contributed by atoms with Crippen LogP contribution in [0.2, 0.25) is 0 Å². The molecule has 4 nitrogen and oxygen atoms in total. The van der Waals surface area contributed by atoms with Gasteiger partial charge in [-0.05, 0) is 41.0 Å². The summed E-state index contributed by atoms with van der Waals surface area (Å²) in [5.74, 6) is 0.329. The quantitative estimate of drug-likeness (QED) is 0.755. The highest BCUT2D eigenvalue weighted by molar-refractivity contribution is 5.82. The van der Waals surface area contributed by atoms with Crippen LogP contribution in [0.25, 0.3) is 22.3 Å². The van der Waals surface area contributed by atoms with Gasteiger partial charge in [-0.2, -0.15) is 0 Å². The summed E-state index contributed by atoms with van der Waals surface area (Å²) in [6, 6.07) is 14.6. The predicted molar refractivity (Wildman–Crippen MR) is 79.2 cm³/mol. The molecule has 0 fully saturated rings. The third-order valence-corrected chi connectivity index (χ3v) is 3.20. The van der Waals surface area contributed by atoms with Gasteiger partial charge in [0.1, 0.15) is 17.8 Å². The molecule has 0 aliphatic rings. The molecule has 3 rings (SSSR count). The van der Waals surface area contributed by atoms with Crippen LogP contribution in [0.5, 0.6) is 11.5 Å². The minimum absolute atomic E-state index is 0.160. The topological polar surface area (TPSA) is 70.7 Å². The maximum Gasteiger partial charge on any atom is 0.336 e. The molecule has 0 unspecified atom stereocenters. The summed E-state index contributed by atoms with van der Waals surface area (Å²) in [6.45, 7) is 0. The molecular formula is C17H12O4. The van der Waals surface area contributed by atoms with Crippen LogP contribution in [0.4, 0.5) is 0 Å². The van der Waals surface area contributed by atoms with Crippen molar-refractivity contribution < 1.29 is 14.6 Å². The fraction of sp³-hybridized carbons (Fsp3) is 0. The summed E-state index contributed by atoms with van der Waals surface area (Å²) in [6.07, 6.45) is 1.40. The minimum atomic E-state index is -0.444. The molecule has 3 aromatic rings. The number of benzene rings is 2. The summed E-state index contributed by atoms with van der Waals surface area (Å²) >= 11 is 0. The van der Waals surface area contributed by atoms with Gasteiger partial charge in [-0.25, -0.2) is 4.79 Å². The molecule has 4 heteroatoms. The van der Waals surface area contributed by atoms with Crippen LogP contribution < -0.4 is 5.63 Å². The van der Waals surface area contributed by atoms with Crippen LogP contribution in [0.3, 0.4) is 0 Å². The largest absolute Gasteiger partial charge is 0.508 e. The van der Waals surface area contributed by atoms with Crippen LogP contribution in [0, 0.1) is 0 Å². The minimum Gasteiger partial charge on any atom is -0.508 e. The number of hydrogen-bond acceptors (Lipinski definition) is 4. The molecule has 1 heterocycles. The van der Waals surface area contributed by atoms with Crippen molar-refractivity contribution in [2.75, 3.05) is 0 Å². The number of phenols is 2. The molecule has 21 heavy (non-hydrogen) atoms. The van der Waals surface area contributed by atoms with E-state index in [0.29, 0.717) is 5.56 Å². The van der Waals surface area contributed by atoms with Crippen molar-refractivity contribution in [3.8, 4) is 33.8 Å². The lowest BCUT2D eigenvalue weighted by molar-refractivity contribution is 0.475. The van der Waals surface area contributed by atoms with E-state index in [4.69, 9.17) is 4.42 Å². The Bertz CT molecular complexity index is 815. The average molecular weight is 280 g/mol. The first-order valence-corrected chi connectivity index (χ1v) is 6.35. The van der Waals surface area contributed by atoms with E-state index in [1.54, 1.807) is 48.5 Å². The maximum atomic E-state index is 11.5. The van der Waals surface area contributed by atoms with Gasteiger partial charge in [-0.15, -0.1) is 0 Å². The van der Waals surface area contributed by atoms with E-state index in [1.165, 1.54) is 12.3 Å². The van der Waals surface area contributed by atoms with Gasteiger partial charge in [0.05, 0.1) is 0 Å². The molecule has 104 valence electrons. The SMILES string of the molecule is O=c1cc(-c2ccc(O)cc2)c(-c2ccc(O)cc2)co1. The fourth-order valence-corrected chi connectivity index (χ4v) is 2.15. The van der Waals surface area contributed by atoms with Gasteiger partial charge in [0.15, 0.2) is 0 Å². The highest BCUT2D eigenvalue weighted by atomic mass is 16.4. The molecule has 1 aromatic heterocycles. The average Bonchev–Trinajstić information content (AvgIpc) is 2.49. The standard InChI is InChI=1S/C17H12O4/c18-13-5-1-11(2-6-13)15-9-17(20)21-10-16(15)12-3-7-14(19)8-4-12/h1-10,18-19H. The van der Waals surface area contributed by atoms with Crippen LogP contribution in [-0.4, -0.2) is 10.2 Å². The summed E-state index contributed by atoms with van der Waals surface area (Å²) in [5.41, 5.74) is 2.61. The first-order chi connectivity index (χ1) is 10.1. The normalized spacial score (nSPS) is 10.5. The number of phenolic OH excluding ortho intramolecular Hbond substituents is 2. The zero-order valence-corrected chi connectivity index (χ0v) is 11.0. The van der Waals surface area contributed by atoms with Gasteiger partial charge < -0.3 is 14.6 Å². The van der Waals surface area contributed by atoms with Crippen LogP contribution in [-0.2, 0) is 0 Å². The molecule has 0 aliphatic carbocycles. The van der Waals surface area contributed by atoms with Crippen LogP contribution in [0.1, 0.15) is 0 Å². The van der Waals surface area contributed by atoms with Gasteiger partial charge in [-0.1, -0.05) is 24.3 Å². The summed E-state index contributed by atoms with van der Waals surface area (Å²) in [4.78, 5) is 11.5. The van der Waals surface area contributed by atoms with E-state index < -0.39 is 5.63 Å². The Balaban J connectivity index is 2.19. The summed E-state index contributed by atoms with van der Waals surface area (Å²) < 4.78 is 4.96. The zero-order valence-electron chi connectivity index (χ0n) is 11.0. The third-order valence-electron chi connectivity index (χ3n) is 3.20. The van der Waals surface area contributed by atoms with Gasteiger partial charge in [0, 0.05) is 11.6 Å². The predicted octanol–water partition coefficient (Wildman–Crippen LogP) is 3.39. The van der Waals surface area contributed by atoms with Crippen LogP contribution in [0.15, 0.2) is 70.1 Å². The number of aromatic hydroxyl groups is 2. The Labute approximate surface area is 120 Å². The molecule has 2 aromatic carbocycles. The van der Waals surface area contributed by atoms with Crippen molar-refractivity contribution >= 4 is 0 Å². The Hall–Kier alpha value is -3.01. The third kappa shape index (κ3) is 2.65. The molecule has 0 amide bonds. The highest BCUT2D eigenvalue weighted by Crippen LogP contribution is 2.32. The number of rotatable bonds is 2. The highest BCUT2D eigenvalue weighted by Gasteiger charge is 2.10. The molecule has 0 aliphatic heterocycles. The zero-order chi connectivity index (χ0) is 14.8. The summed E-state index contributed by atoms with van der Waals surface area (Å²) in [5, 5.41) is 18.7. The van der Waals surface area contributed by atoms with E-state index in [9.17, 15) is 15.0 Å². The molecular weight excluding hydrogens is 268 g/mol. The number of hydrogen-bond donors (Lipinski definition) is 2.